The van der Waals surface area contributed by atoms with E-state index in [1.165, 1.54) is 6.54 Å². The number of fused-ring (bicyclic) bond motifs is 1. The van der Waals surface area contributed by atoms with Crippen LogP contribution in [0.1, 0.15) is 25.1 Å². The standard InChI is InChI=1S/C15H23N3OS/c1-11(2)6-17-7-12(8-17)9-18-15(19)5-13-10-20-4-3-14(13)16-18/h5,11-12H,3-4,6-10H2,1-2H3. The first-order valence-electron chi connectivity index (χ1n) is 7.52. The molecule has 1 aromatic rings. The summed E-state index contributed by atoms with van der Waals surface area (Å²) in [6.07, 6.45) is 1.00. The van der Waals surface area contributed by atoms with Gasteiger partial charge in [0.2, 0.25) is 0 Å². The van der Waals surface area contributed by atoms with Gasteiger partial charge in [0.05, 0.1) is 12.2 Å². The van der Waals surface area contributed by atoms with Gasteiger partial charge in [-0.2, -0.15) is 16.9 Å². The summed E-state index contributed by atoms with van der Waals surface area (Å²) in [5, 5.41) is 4.59. The van der Waals surface area contributed by atoms with Crippen LogP contribution in [-0.2, 0) is 18.7 Å². The van der Waals surface area contributed by atoms with Gasteiger partial charge in [-0.25, -0.2) is 4.68 Å². The van der Waals surface area contributed by atoms with Crippen molar-refractivity contribution in [1.82, 2.24) is 14.7 Å². The monoisotopic (exact) mass is 293 g/mol. The van der Waals surface area contributed by atoms with Crippen molar-refractivity contribution in [3.8, 4) is 0 Å². The van der Waals surface area contributed by atoms with Crippen LogP contribution < -0.4 is 5.56 Å². The highest BCUT2D eigenvalue weighted by Crippen LogP contribution is 2.22. The van der Waals surface area contributed by atoms with Crippen molar-refractivity contribution >= 4 is 11.8 Å². The molecule has 0 radical (unpaired) electrons. The van der Waals surface area contributed by atoms with Crippen molar-refractivity contribution in [3.05, 3.63) is 27.7 Å². The van der Waals surface area contributed by atoms with Gasteiger partial charge in [0.15, 0.2) is 0 Å². The van der Waals surface area contributed by atoms with Crippen LogP contribution in [0.25, 0.3) is 0 Å². The molecule has 0 aliphatic carbocycles. The zero-order valence-corrected chi connectivity index (χ0v) is 13.2. The Balaban J connectivity index is 1.63. The highest BCUT2D eigenvalue weighted by Gasteiger charge is 2.28. The fraction of sp³-hybridized carbons (Fsp3) is 0.733. The van der Waals surface area contributed by atoms with Gasteiger partial charge >= 0.3 is 0 Å². The predicted octanol–water partition coefficient (Wildman–Crippen LogP) is 1.62. The molecule has 0 unspecified atom stereocenters. The van der Waals surface area contributed by atoms with E-state index >= 15 is 0 Å². The van der Waals surface area contributed by atoms with E-state index in [9.17, 15) is 4.79 Å². The largest absolute Gasteiger partial charge is 0.302 e. The van der Waals surface area contributed by atoms with Crippen LogP contribution in [0.4, 0.5) is 0 Å². The van der Waals surface area contributed by atoms with E-state index in [1.807, 2.05) is 11.8 Å². The van der Waals surface area contributed by atoms with E-state index in [1.54, 1.807) is 10.7 Å². The molecule has 3 heterocycles. The molecular weight excluding hydrogens is 270 g/mol. The normalized spacial score (nSPS) is 19.9. The quantitative estimate of drug-likeness (QED) is 0.845. The van der Waals surface area contributed by atoms with Crippen LogP contribution in [0.5, 0.6) is 0 Å². The summed E-state index contributed by atoms with van der Waals surface area (Å²) in [6.45, 7) is 8.67. The third kappa shape index (κ3) is 3.09. The molecule has 2 aliphatic heterocycles. The van der Waals surface area contributed by atoms with Crippen LogP contribution in [-0.4, -0.2) is 40.1 Å². The van der Waals surface area contributed by atoms with Crippen molar-refractivity contribution in [2.75, 3.05) is 25.4 Å². The minimum atomic E-state index is 0.0774. The summed E-state index contributed by atoms with van der Waals surface area (Å²) < 4.78 is 1.70. The first-order chi connectivity index (χ1) is 9.61. The fourth-order valence-electron chi connectivity index (χ4n) is 3.09. The molecule has 4 nitrogen and oxygen atoms in total. The topological polar surface area (TPSA) is 38.1 Å². The number of aryl methyl sites for hydroxylation is 1. The van der Waals surface area contributed by atoms with Crippen molar-refractivity contribution in [3.63, 3.8) is 0 Å². The molecule has 2 aliphatic rings. The second-order valence-corrected chi connectivity index (χ2v) is 7.52. The third-order valence-corrected chi connectivity index (χ3v) is 5.00. The second-order valence-electron chi connectivity index (χ2n) is 6.42. The molecular formula is C15H23N3OS. The van der Waals surface area contributed by atoms with E-state index in [2.05, 4.69) is 23.8 Å². The molecule has 0 saturated carbocycles. The smallest absolute Gasteiger partial charge is 0.267 e. The molecule has 0 amide bonds. The molecule has 0 N–H and O–H groups in total. The van der Waals surface area contributed by atoms with Gasteiger partial charge in [0, 0.05) is 43.8 Å². The number of hydrogen-bond acceptors (Lipinski definition) is 4. The lowest BCUT2D eigenvalue weighted by Crippen LogP contribution is -2.50. The average Bonchev–Trinajstić information content (AvgIpc) is 2.36. The molecule has 1 aromatic heterocycles. The summed E-state index contributed by atoms with van der Waals surface area (Å²) in [4.78, 5) is 14.6. The maximum atomic E-state index is 12.1. The van der Waals surface area contributed by atoms with Gasteiger partial charge in [-0.05, 0) is 17.2 Å². The summed E-state index contributed by atoms with van der Waals surface area (Å²) in [5.74, 6) is 3.39. The first kappa shape index (κ1) is 14.1. The van der Waals surface area contributed by atoms with E-state index in [-0.39, 0.29) is 5.56 Å². The molecule has 0 bridgehead atoms. The van der Waals surface area contributed by atoms with Crippen molar-refractivity contribution in [1.29, 1.82) is 0 Å². The van der Waals surface area contributed by atoms with Crippen LogP contribution in [0.2, 0.25) is 0 Å². The number of thioether (sulfide) groups is 1. The molecule has 5 heteroatoms. The fourth-order valence-corrected chi connectivity index (χ4v) is 4.04. The molecule has 20 heavy (non-hydrogen) atoms. The first-order valence-corrected chi connectivity index (χ1v) is 8.67. The zero-order valence-electron chi connectivity index (χ0n) is 12.3. The number of hydrogen-bond donors (Lipinski definition) is 0. The molecule has 1 saturated heterocycles. The SMILES string of the molecule is CC(C)CN1CC(Cn2nc3c(cc2=O)CSCC3)C1. The van der Waals surface area contributed by atoms with Gasteiger partial charge in [-0.15, -0.1) is 0 Å². The van der Waals surface area contributed by atoms with Crippen molar-refractivity contribution in [2.45, 2.75) is 32.6 Å². The van der Waals surface area contributed by atoms with Crippen LogP contribution in [0, 0.1) is 11.8 Å². The Hall–Kier alpha value is -0.810. The van der Waals surface area contributed by atoms with Crippen molar-refractivity contribution < 1.29 is 0 Å². The number of nitrogens with zero attached hydrogens (tertiary/aromatic N) is 3. The molecule has 110 valence electrons. The van der Waals surface area contributed by atoms with Gasteiger partial charge in [-0.3, -0.25) is 4.79 Å². The number of likely N-dealkylation sites (tertiary alicyclic amines) is 1. The molecule has 3 rings (SSSR count). The Morgan fingerprint density at radius 1 is 1.45 bits per heavy atom. The Morgan fingerprint density at radius 2 is 2.25 bits per heavy atom. The Kier molecular flexibility index (Phi) is 4.17. The number of aromatic nitrogens is 2. The summed E-state index contributed by atoms with van der Waals surface area (Å²) in [7, 11) is 0. The number of rotatable bonds is 4. The maximum absolute atomic E-state index is 12.1. The van der Waals surface area contributed by atoms with Gasteiger partial charge in [0.1, 0.15) is 0 Å². The molecule has 0 spiro atoms. The Morgan fingerprint density at radius 3 is 3.00 bits per heavy atom. The van der Waals surface area contributed by atoms with Crippen LogP contribution >= 0.6 is 11.8 Å². The van der Waals surface area contributed by atoms with Gasteiger partial charge in [-0.1, -0.05) is 13.8 Å². The minimum absolute atomic E-state index is 0.0774. The third-order valence-electron chi connectivity index (χ3n) is 3.99. The lowest BCUT2D eigenvalue weighted by atomic mass is 9.98. The van der Waals surface area contributed by atoms with Crippen molar-refractivity contribution in [2.24, 2.45) is 11.8 Å². The summed E-state index contributed by atoms with van der Waals surface area (Å²) >= 11 is 1.89. The zero-order chi connectivity index (χ0) is 14.1. The highest BCUT2D eigenvalue weighted by atomic mass is 32.2. The summed E-state index contributed by atoms with van der Waals surface area (Å²) in [6, 6.07) is 1.80. The lowest BCUT2D eigenvalue weighted by molar-refractivity contribution is 0.0723. The molecule has 0 atom stereocenters. The Labute approximate surface area is 124 Å². The van der Waals surface area contributed by atoms with E-state index in [0.29, 0.717) is 5.92 Å². The lowest BCUT2D eigenvalue weighted by Gasteiger charge is -2.40. The average molecular weight is 293 g/mol. The predicted molar refractivity (Wildman–Crippen MR) is 83.1 cm³/mol. The van der Waals surface area contributed by atoms with E-state index < -0.39 is 0 Å². The van der Waals surface area contributed by atoms with Crippen LogP contribution in [0.3, 0.4) is 0 Å². The van der Waals surface area contributed by atoms with Gasteiger partial charge < -0.3 is 4.90 Å². The maximum Gasteiger partial charge on any atom is 0.267 e. The molecule has 0 aromatic carbocycles. The van der Waals surface area contributed by atoms with Gasteiger partial charge in [0.25, 0.3) is 5.56 Å². The second kappa shape index (κ2) is 5.90. The van der Waals surface area contributed by atoms with E-state index in [0.717, 1.165) is 54.7 Å². The van der Waals surface area contributed by atoms with Crippen LogP contribution in [0.15, 0.2) is 10.9 Å². The minimum Gasteiger partial charge on any atom is -0.302 e. The Bertz CT molecular complexity index is 534. The summed E-state index contributed by atoms with van der Waals surface area (Å²) in [5.41, 5.74) is 2.37. The molecule has 1 fully saturated rings. The van der Waals surface area contributed by atoms with E-state index in [4.69, 9.17) is 0 Å². The highest BCUT2D eigenvalue weighted by molar-refractivity contribution is 7.98.